The number of ketones is 1. The predicted octanol–water partition coefficient (Wildman–Crippen LogP) is 2.48. The molecule has 0 aromatic carbocycles. The summed E-state index contributed by atoms with van der Waals surface area (Å²) < 4.78 is 5.41. The third-order valence-corrected chi connectivity index (χ3v) is 4.58. The fourth-order valence-electron chi connectivity index (χ4n) is 3.45. The van der Waals surface area contributed by atoms with Gasteiger partial charge in [-0.2, -0.15) is 0 Å². The first kappa shape index (κ1) is 15.0. The van der Waals surface area contributed by atoms with E-state index in [1.807, 2.05) is 33.0 Å². The minimum atomic E-state index is -0.494. The van der Waals surface area contributed by atoms with E-state index in [1.165, 1.54) is 0 Å². The monoisotopic (exact) mass is 302 g/mol. The minimum absolute atomic E-state index is 0.263. The number of amides is 1. The van der Waals surface area contributed by atoms with Crippen LogP contribution in [0.4, 0.5) is 4.79 Å². The summed E-state index contributed by atoms with van der Waals surface area (Å²) in [5.74, 6) is 0.263. The quantitative estimate of drug-likeness (QED) is 0.738. The standard InChI is InChI=1S/C17H22N2O3/c1-16(2,3)22-15(21)19-8-5-17(6-9-19)13-11-18-7-4-12(13)10-14(17)20/h4,7,11H,5-6,8-10H2,1-3H3. The van der Waals surface area contributed by atoms with Gasteiger partial charge in [0.15, 0.2) is 0 Å². The first-order valence-electron chi connectivity index (χ1n) is 7.76. The van der Waals surface area contributed by atoms with Gasteiger partial charge in [0.05, 0.1) is 5.41 Å². The number of rotatable bonds is 0. The van der Waals surface area contributed by atoms with Gasteiger partial charge >= 0.3 is 6.09 Å². The summed E-state index contributed by atoms with van der Waals surface area (Å²) in [6, 6.07) is 1.93. The summed E-state index contributed by atoms with van der Waals surface area (Å²) in [5.41, 5.74) is 1.21. The van der Waals surface area contributed by atoms with Crippen LogP contribution in [0.2, 0.25) is 0 Å². The molecule has 0 radical (unpaired) electrons. The molecule has 0 unspecified atom stereocenters. The third-order valence-electron chi connectivity index (χ3n) is 4.58. The number of piperidine rings is 1. The molecule has 2 heterocycles. The van der Waals surface area contributed by atoms with Gasteiger partial charge in [-0.1, -0.05) is 0 Å². The molecule has 1 amide bonds. The summed E-state index contributed by atoms with van der Waals surface area (Å²) in [6.45, 7) is 6.68. The van der Waals surface area contributed by atoms with E-state index < -0.39 is 11.0 Å². The number of pyridine rings is 1. The van der Waals surface area contributed by atoms with Crippen molar-refractivity contribution in [2.24, 2.45) is 0 Å². The number of fused-ring (bicyclic) bond motifs is 2. The molecule has 0 atom stereocenters. The first-order chi connectivity index (χ1) is 10.3. The van der Waals surface area contributed by atoms with Crippen molar-refractivity contribution in [2.45, 2.75) is 51.0 Å². The Bertz CT molecular complexity index is 611. The average Bonchev–Trinajstić information content (AvgIpc) is 2.71. The number of aromatic nitrogens is 1. The normalized spacial score (nSPS) is 20.1. The summed E-state index contributed by atoms with van der Waals surface area (Å²) in [6.07, 6.45) is 5.07. The van der Waals surface area contributed by atoms with E-state index in [1.54, 1.807) is 11.1 Å². The Hall–Kier alpha value is -1.91. The number of ether oxygens (including phenoxy) is 1. The molecule has 2 aliphatic rings. The van der Waals surface area contributed by atoms with Crippen molar-refractivity contribution >= 4 is 11.9 Å². The lowest BCUT2D eigenvalue weighted by Gasteiger charge is -2.39. The van der Waals surface area contributed by atoms with Crippen LogP contribution in [0.15, 0.2) is 18.5 Å². The molecule has 5 heteroatoms. The Balaban J connectivity index is 1.74. The van der Waals surface area contributed by atoms with Gasteiger partial charge in [0, 0.05) is 31.9 Å². The van der Waals surface area contributed by atoms with E-state index in [9.17, 15) is 9.59 Å². The summed E-state index contributed by atoms with van der Waals surface area (Å²) >= 11 is 0. The Morgan fingerprint density at radius 2 is 2.00 bits per heavy atom. The second-order valence-corrected chi connectivity index (χ2v) is 7.18. The van der Waals surface area contributed by atoms with Crippen molar-refractivity contribution in [2.75, 3.05) is 13.1 Å². The van der Waals surface area contributed by atoms with E-state index in [-0.39, 0.29) is 11.9 Å². The Kier molecular flexibility index (Phi) is 3.46. The van der Waals surface area contributed by atoms with Gasteiger partial charge in [-0.25, -0.2) is 4.79 Å². The highest BCUT2D eigenvalue weighted by Gasteiger charge is 2.48. The van der Waals surface area contributed by atoms with Gasteiger partial charge < -0.3 is 9.64 Å². The number of hydrogen-bond acceptors (Lipinski definition) is 4. The largest absolute Gasteiger partial charge is 0.444 e. The zero-order valence-electron chi connectivity index (χ0n) is 13.4. The maximum absolute atomic E-state index is 12.6. The van der Waals surface area contributed by atoms with Crippen LogP contribution >= 0.6 is 0 Å². The number of likely N-dealkylation sites (tertiary alicyclic amines) is 1. The van der Waals surface area contributed by atoms with Crippen LogP contribution in [0, 0.1) is 0 Å². The molecule has 1 spiro atoms. The maximum atomic E-state index is 12.6. The number of carbonyl (C=O) groups excluding carboxylic acids is 2. The lowest BCUT2D eigenvalue weighted by Crippen LogP contribution is -2.48. The molecule has 1 aliphatic carbocycles. The molecular formula is C17H22N2O3. The first-order valence-corrected chi connectivity index (χ1v) is 7.76. The highest BCUT2D eigenvalue weighted by molar-refractivity contribution is 5.96. The highest BCUT2D eigenvalue weighted by atomic mass is 16.6. The van der Waals surface area contributed by atoms with Crippen molar-refractivity contribution in [3.05, 3.63) is 29.6 Å². The van der Waals surface area contributed by atoms with E-state index in [2.05, 4.69) is 4.98 Å². The lowest BCUT2D eigenvalue weighted by atomic mass is 9.73. The summed E-state index contributed by atoms with van der Waals surface area (Å²) in [7, 11) is 0. The van der Waals surface area contributed by atoms with E-state index in [0.717, 1.165) is 11.1 Å². The number of nitrogens with zero attached hydrogens (tertiary/aromatic N) is 2. The van der Waals surface area contributed by atoms with Crippen LogP contribution in [-0.2, 0) is 21.4 Å². The molecule has 22 heavy (non-hydrogen) atoms. The molecule has 1 aliphatic heterocycles. The van der Waals surface area contributed by atoms with Crippen LogP contribution in [0.5, 0.6) is 0 Å². The summed E-state index contributed by atoms with van der Waals surface area (Å²) in [5, 5.41) is 0. The van der Waals surface area contributed by atoms with Crippen LogP contribution in [0.1, 0.15) is 44.7 Å². The highest BCUT2D eigenvalue weighted by Crippen LogP contribution is 2.43. The van der Waals surface area contributed by atoms with Gasteiger partial charge in [-0.05, 0) is 50.8 Å². The Morgan fingerprint density at radius 1 is 1.32 bits per heavy atom. The minimum Gasteiger partial charge on any atom is -0.444 e. The van der Waals surface area contributed by atoms with Crippen molar-refractivity contribution in [1.29, 1.82) is 0 Å². The molecule has 1 fully saturated rings. The number of Topliss-reactive ketones (excluding diaryl/α,β-unsaturated/α-hetero) is 1. The fourth-order valence-corrected chi connectivity index (χ4v) is 3.45. The molecule has 1 saturated heterocycles. The SMILES string of the molecule is CC(C)(C)OC(=O)N1CCC2(CC1)C(=O)Cc1ccncc12. The molecule has 5 nitrogen and oxygen atoms in total. The summed E-state index contributed by atoms with van der Waals surface area (Å²) in [4.78, 5) is 30.6. The van der Waals surface area contributed by atoms with E-state index >= 15 is 0 Å². The van der Waals surface area contributed by atoms with Crippen molar-refractivity contribution in [1.82, 2.24) is 9.88 Å². The van der Waals surface area contributed by atoms with Crippen molar-refractivity contribution < 1.29 is 14.3 Å². The van der Waals surface area contributed by atoms with Gasteiger partial charge in [0.2, 0.25) is 0 Å². The van der Waals surface area contributed by atoms with Crippen molar-refractivity contribution in [3.8, 4) is 0 Å². The molecule has 0 bridgehead atoms. The molecule has 1 aromatic heterocycles. The van der Waals surface area contributed by atoms with Crippen LogP contribution in [0.3, 0.4) is 0 Å². The number of hydrogen-bond donors (Lipinski definition) is 0. The second-order valence-electron chi connectivity index (χ2n) is 7.18. The molecule has 1 aromatic rings. The van der Waals surface area contributed by atoms with E-state index in [4.69, 9.17) is 4.74 Å². The van der Waals surface area contributed by atoms with Crippen LogP contribution in [-0.4, -0.2) is 40.5 Å². The van der Waals surface area contributed by atoms with Crippen molar-refractivity contribution in [3.63, 3.8) is 0 Å². The Labute approximate surface area is 130 Å². The van der Waals surface area contributed by atoms with E-state index in [0.29, 0.717) is 32.4 Å². The van der Waals surface area contributed by atoms with Gasteiger partial charge in [0.1, 0.15) is 11.4 Å². The van der Waals surface area contributed by atoms with Gasteiger partial charge in [-0.3, -0.25) is 9.78 Å². The average molecular weight is 302 g/mol. The molecule has 3 rings (SSSR count). The van der Waals surface area contributed by atoms with Gasteiger partial charge in [-0.15, -0.1) is 0 Å². The molecule has 118 valence electrons. The fraction of sp³-hybridized carbons (Fsp3) is 0.588. The second kappa shape index (κ2) is 5.07. The smallest absolute Gasteiger partial charge is 0.410 e. The molecular weight excluding hydrogens is 280 g/mol. The maximum Gasteiger partial charge on any atom is 0.410 e. The third kappa shape index (κ3) is 2.49. The lowest BCUT2D eigenvalue weighted by molar-refractivity contribution is -0.124. The topological polar surface area (TPSA) is 59.5 Å². The van der Waals surface area contributed by atoms with Crippen LogP contribution in [0.25, 0.3) is 0 Å². The molecule has 0 saturated carbocycles. The van der Waals surface area contributed by atoms with Gasteiger partial charge in [0.25, 0.3) is 0 Å². The molecule has 0 N–H and O–H groups in total. The predicted molar refractivity (Wildman–Crippen MR) is 81.7 cm³/mol. The van der Waals surface area contributed by atoms with Crippen LogP contribution < -0.4 is 0 Å². The zero-order chi connectivity index (χ0) is 16.0. The number of carbonyl (C=O) groups is 2. The zero-order valence-corrected chi connectivity index (χ0v) is 13.4. The Morgan fingerprint density at radius 3 is 2.64 bits per heavy atom.